The fourth-order valence-electron chi connectivity index (χ4n) is 2.68. The number of anilines is 1. The van der Waals surface area contributed by atoms with Crippen LogP contribution in [0.15, 0.2) is 47.6 Å². The van der Waals surface area contributed by atoms with Crippen molar-refractivity contribution in [1.29, 1.82) is 0 Å². The standard InChI is InChI=1S/C18H17FN4O4/c19-15-3-1-13(2-4-15)18(24)21-20-12-14-11-16(23(25)26)5-6-17(14)22-7-9-27-10-8-22/h1-6,11-12H,7-10H2,(H,21,24)/b20-12+. The lowest BCUT2D eigenvalue weighted by molar-refractivity contribution is -0.384. The molecule has 0 aromatic heterocycles. The summed E-state index contributed by atoms with van der Waals surface area (Å²) in [7, 11) is 0. The average Bonchev–Trinajstić information content (AvgIpc) is 2.69. The second kappa shape index (κ2) is 8.37. The lowest BCUT2D eigenvalue weighted by Crippen LogP contribution is -2.36. The van der Waals surface area contributed by atoms with Crippen LogP contribution in [0.4, 0.5) is 15.8 Å². The van der Waals surface area contributed by atoms with Gasteiger partial charge in [-0.1, -0.05) is 0 Å². The van der Waals surface area contributed by atoms with Gasteiger partial charge in [0.05, 0.1) is 24.4 Å². The van der Waals surface area contributed by atoms with Gasteiger partial charge in [0.15, 0.2) is 0 Å². The Balaban J connectivity index is 1.79. The van der Waals surface area contributed by atoms with Crippen molar-refractivity contribution in [1.82, 2.24) is 5.43 Å². The molecule has 1 heterocycles. The summed E-state index contributed by atoms with van der Waals surface area (Å²) >= 11 is 0. The Morgan fingerprint density at radius 1 is 1.22 bits per heavy atom. The fourth-order valence-corrected chi connectivity index (χ4v) is 2.68. The molecule has 0 saturated carbocycles. The van der Waals surface area contributed by atoms with E-state index in [1.165, 1.54) is 42.6 Å². The molecule has 0 radical (unpaired) electrons. The number of morpholine rings is 1. The van der Waals surface area contributed by atoms with Crippen molar-refractivity contribution in [2.45, 2.75) is 0 Å². The summed E-state index contributed by atoms with van der Waals surface area (Å²) in [6.07, 6.45) is 1.36. The van der Waals surface area contributed by atoms with Gasteiger partial charge in [-0.15, -0.1) is 0 Å². The molecule has 8 nitrogen and oxygen atoms in total. The predicted molar refractivity (Wildman–Crippen MR) is 97.6 cm³/mol. The summed E-state index contributed by atoms with van der Waals surface area (Å²) in [4.78, 5) is 24.6. The number of non-ortho nitro benzene ring substituents is 1. The van der Waals surface area contributed by atoms with Crippen LogP contribution in [-0.4, -0.2) is 43.3 Å². The number of nitrogens with zero attached hydrogens (tertiary/aromatic N) is 3. The predicted octanol–water partition coefficient (Wildman–Crippen LogP) is 2.33. The van der Waals surface area contributed by atoms with Gasteiger partial charge in [0.2, 0.25) is 0 Å². The van der Waals surface area contributed by atoms with Crippen LogP contribution in [-0.2, 0) is 4.74 Å². The minimum absolute atomic E-state index is 0.0710. The Morgan fingerprint density at radius 3 is 2.59 bits per heavy atom. The van der Waals surface area contributed by atoms with E-state index in [1.807, 2.05) is 4.90 Å². The molecule has 0 bridgehead atoms. The van der Waals surface area contributed by atoms with Crippen molar-refractivity contribution in [2.75, 3.05) is 31.2 Å². The second-order valence-electron chi connectivity index (χ2n) is 5.81. The molecule has 27 heavy (non-hydrogen) atoms. The molecule has 0 spiro atoms. The molecule has 1 N–H and O–H groups in total. The van der Waals surface area contributed by atoms with Gasteiger partial charge < -0.3 is 9.64 Å². The van der Waals surface area contributed by atoms with Crippen molar-refractivity contribution in [3.63, 3.8) is 0 Å². The number of hydrogen-bond acceptors (Lipinski definition) is 6. The number of benzene rings is 2. The summed E-state index contributed by atoms with van der Waals surface area (Å²) in [5.74, 6) is -0.952. The molecule has 9 heteroatoms. The molecule has 2 aromatic rings. The highest BCUT2D eigenvalue weighted by atomic mass is 19.1. The Kier molecular flexibility index (Phi) is 5.72. The molecule has 1 aliphatic heterocycles. The third kappa shape index (κ3) is 4.64. The number of hydrazone groups is 1. The number of carbonyl (C=O) groups is 1. The average molecular weight is 372 g/mol. The molecule has 1 amide bonds. The number of halogens is 1. The summed E-state index contributed by atoms with van der Waals surface area (Å²) in [5.41, 5.74) is 3.79. The Hall–Kier alpha value is -3.33. The van der Waals surface area contributed by atoms with E-state index >= 15 is 0 Å². The van der Waals surface area contributed by atoms with Gasteiger partial charge in [-0.2, -0.15) is 5.10 Å². The minimum atomic E-state index is -0.510. The van der Waals surface area contributed by atoms with Crippen LogP contribution < -0.4 is 10.3 Å². The van der Waals surface area contributed by atoms with E-state index in [0.29, 0.717) is 31.9 Å². The van der Waals surface area contributed by atoms with Crippen LogP contribution in [0.2, 0.25) is 0 Å². The highest BCUT2D eigenvalue weighted by molar-refractivity contribution is 5.95. The fraction of sp³-hybridized carbons (Fsp3) is 0.222. The zero-order valence-corrected chi connectivity index (χ0v) is 14.3. The van der Waals surface area contributed by atoms with Crippen molar-refractivity contribution in [3.05, 3.63) is 69.5 Å². The lowest BCUT2D eigenvalue weighted by Gasteiger charge is -2.29. The Morgan fingerprint density at radius 2 is 1.93 bits per heavy atom. The quantitative estimate of drug-likeness (QED) is 0.494. The molecule has 0 atom stereocenters. The number of amides is 1. The second-order valence-corrected chi connectivity index (χ2v) is 5.81. The van der Waals surface area contributed by atoms with E-state index in [0.717, 1.165) is 5.69 Å². The van der Waals surface area contributed by atoms with E-state index in [4.69, 9.17) is 4.74 Å². The maximum atomic E-state index is 12.9. The number of nitro groups is 1. The largest absolute Gasteiger partial charge is 0.378 e. The van der Waals surface area contributed by atoms with Gasteiger partial charge in [0.1, 0.15) is 5.82 Å². The van der Waals surface area contributed by atoms with Crippen LogP contribution >= 0.6 is 0 Å². The summed E-state index contributed by atoms with van der Waals surface area (Å²) in [5, 5.41) is 15.0. The minimum Gasteiger partial charge on any atom is -0.378 e. The topological polar surface area (TPSA) is 97.1 Å². The molecule has 0 unspecified atom stereocenters. The number of nitrogens with one attached hydrogen (secondary N) is 1. The van der Waals surface area contributed by atoms with Crippen molar-refractivity contribution >= 4 is 23.5 Å². The Labute approximate surface area is 154 Å². The van der Waals surface area contributed by atoms with E-state index in [1.54, 1.807) is 6.07 Å². The van der Waals surface area contributed by atoms with Gasteiger partial charge in [0, 0.05) is 42.0 Å². The van der Waals surface area contributed by atoms with Gasteiger partial charge in [-0.05, 0) is 30.3 Å². The smallest absolute Gasteiger partial charge is 0.271 e. The van der Waals surface area contributed by atoms with E-state index in [2.05, 4.69) is 10.5 Å². The zero-order valence-electron chi connectivity index (χ0n) is 14.3. The summed E-state index contributed by atoms with van der Waals surface area (Å²) < 4.78 is 18.2. The third-order valence-electron chi connectivity index (χ3n) is 4.05. The molecule has 3 rings (SSSR count). The molecule has 1 fully saturated rings. The van der Waals surface area contributed by atoms with E-state index < -0.39 is 16.6 Å². The van der Waals surface area contributed by atoms with E-state index in [-0.39, 0.29) is 11.3 Å². The first-order valence-electron chi connectivity index (χ1n) is 8.25. The van der Waals surface area contributed by atoms with Crippen molar-refractivity contribution in [2.24, 2.45) is 5.10 Å². The molecule has 2 aromatic carbocycles. The Bertz CT molecular complexity index is 864. The van der Waals surface area contributed by atoms with Crippen LogP contribution in [0.1, 0.15) is 15.9 Å². The van der Waals surface area contributed by atoms with E-state index in [9.17, 15) is 19.3 Å². The highest BCUT2D eigenvalue weighted by Gasteiger charge is 2.17. The van der Waals surface area contributed by atoms with Gasteiger partial charge in [-0.3, -0.25) is 14.9 Å². The molecule has 1 saturated heterocycles. The van der Waals surface area contributed by atoms with Crippen molar-refractivity contribution in [3.8, 4) is 0 Å². The number of hydrogen-bond donors (Lipinski definition) is 1. The van der Waals surface area contributed by atoms with Gasteiger partial charge >= 0.3 is 0 Å². The first-order chi connectivity index (χ1) is 13.0. The number of rotatable bonds is 5. The first-order valence-corrected chi connectivity index (χ1v) is 8.25. The molecular formula is C18H17FN4O4. The lowest BCUT2D eigenvalue weighted by atomic mass is 10.1. The molecule has 1 aliphatic rings. The van der Waals surface area contributed by atoms with Crippen LogP contribution in [0.25, 0.3) is 0 Å². The summed E-state index contributed by atoms with van der Waals surface area (Å²) in [6, 6.07) is 9.52. The first kappa shape index (κ1) is 18.5. The number of nitro benzene ring substituents is 1. The van der Waals surface area contributed by atoms with Gasteiger partial charge in [-0.25, -0.2) is 9.82 Å². The number of carbonyl (C=O) groups excluding carboxylic acids is 1. The summed E-state index contributed by atoms with van der Waals surface area (Å²) in [6.45, 7) is 2.44. The maximum absolute atomic E-state index is 12.9. The number of ether oxygens (including phenoxy) is 1. The molecule has 0 aliphatic carbocycles. The SMILES string of the molecule is O=C(N/N=C/c1cc([N+](=O)[O-])ccc1N1CCOCC1)c1ccc(F)cc1. The van der Waals surface area contributed by atoms with Crippen molar-refractivity contribution < 1.29 is 18.8 Å². The monoisotopic (exact) mass is 372 g/mol. The van der Waals surface area contributed by atoms with Crippen LogP contribution in [0.3, 0.4) is 0 Å². The highest BCUT2D eigenvalue weighted by Crippen LogP contribution is 2.25. The normalized spacial score (nSPS) is 14.3. The molecular weight excluding hydrogens is 355 g/mol. The molecule has 140 valence electrons. The van der Waals surface area contributed by atoms with Gasteiger partial charge in [0.25, 0.3) is 11.6 Å². The maximum Gasteiger partial charge on any atom is 0.271 e. The van der Waals surface area contributed by atoms with Crippen LogP contribution in [0.5, 0.6) is 0 Å². The zero-order chi connectivity index (χ0) is 19.2. The third-order valence-corrected chi connectivity index (χ3v) is 4.05. The van der Waals surface area contributed by atoms with Crippen LogP contribution in [0, 0.1) is 15.9 Å².